The summed E-state index contributed by atoms with van der Waals surface area (Å²) >= 11 is 3.38. The van der Waals surface area contributed by atoms with Gasteiger partial charge in [0.15, 0.2) is 0 Å². The number of nitrogens with zero attached hydrogens (tertiary/aromatic N) is 4. The Morgan fingerprint density at radius 2 is 2.00 bits per heavy atom. The van der Waals surface area contributed by atoms with Crippen molar-refractivity contribution >= 4 is 34.3 Å². The van der Waals surface area contributed by atoms with Crippen LogP contribution in [0.4, 0.5) is 0 Å². The van der Waals surface area contributed by atoms with Gasteiger partial charge in [-0.2, -0.15) is 5.10 Å². The number of aromatic nitrogens is 1. The third-order valence-electron chi connectivity index (χ3n) is 5.65. The number of thiophene rings is 2. The lowest BCUT2D eigenvalue weighted by atomic mass is 10.1. The van der Waals surface area contributed by atoms with Crippen molar-refractivity contribution in [3.05, 3.63) is 68.8 Å². The number of fused-ring (bicyclic) bond motifs is 1. The van der Waals surface area contributed by atoms with Gasteiger partial charge in [-0.05, 0) is 41.9 Å². The molecular weight excluding hydrogens is 388 g/mol. The maximum absolute atomic E-state index is 13.3. The van der Waals surface area contributed by atoms with Gasteiger partial charge in [0.1, 0.15) is 0 Å². The van der Waals surface area contributed by atoms with Gasteiger partial charge in [-0.25, -0.2) is 5.01 Å². The normalized spacial score (nSPS) is 22.3. The van der Waals surface area contributed by atoms with Crippen LogP contribution in [0.1, 0.15) is 40.9 Å². The quantitative estimate of drug-likeness (QED) is 0.641. The number of carbonyl (C=O) groups is 1. The van der Waals surface area contributed by atoms with E-state index < -0.39 is 0 Å². The number of hydrazone groups is 1. The average Bonchev–Trinajstić information content (AvgIpc) is 3.48. The summed E-state index contributed by atoms with van der Waals surface area (Å²) in [7, 11) is 0. The third kappa shape index (κ3) is 3.13. The smallest absolute Gasteiger partial charge is 0.257 e. The zero-order valence-corrected chi connectivity index (χ0v) is 17.3. The van der Waals surface area contributed by atoms with E-state index in [4.69, 9.17) is 5.10 Å². The van der Waals surface area contributed by atoms with Crippen molar-refractivity contribution in [3.63, 3.8) is 0 Å². The van der Waals surface area contributed by atoms with E-state index in [9.17, 15) is 4.79 Å². The van der Waals surface area contributed by atoms with Crippen LogP contribution in [0.25, 0.3) is 0 Å². The summed E-state index contributed by atoms with van der Waals surface area (Å²) in [6, 6.07) is 12.8. The molecule has 2 aliphatic heterocycles. The molecule has 0 saturated heterocycles. The monoisotopic (exact) mass is 410 g/mol. The Balaban J connectivity index is 1.38. The number of hydrogen-bond donors (Lipinski definition) is 0. The Labute approximate surface area is 172 Å². The highest BCUT2D eigenvalue weighted by Gasteiger charge is 2.35. The maximum Gasteiger partial charge on any atom is 0.257 e. The minimum absolute atomic E-state index is 0.00792. The topological polar surface area (TPSA) is 40.8 Å². The predicted octanol–water partition coefficient (Wildman–Crippen LogP) is 4.37. The molecule has 0 fully saturated rings. The summed E-state index contributed by atoms with van der Waals surface area (Å²) < 4.78 is 2.28. The molecule has 7 heteroatoms. The first-order valence-corrected chi connectivity index (χ1v) is 11.3. The van der Waals surface area contributed by atoms with Crippen LogP contribution in [0.5, 0.6) is 0 Å². The van der Waals surface area contributed by atoms with Crippen LogP contribution in [0.3, 0.4) is 0 Å². The molecule has 2 aliphatic rings. The first-order valence-electron chi connectivity index (χ1n) is 9.56. The fourth-order valence-electron chi connectivity index (χ4n) is 4.12. The van der Waals surface area contributed by atoms with E-state index in [1.165, 1.54) is 10.6 Å². The molecular formula is C21H22N4OS2. The van der Waals surface area contributed by atoms with Crippen LogP contribution in [0, 0.1) is 0 Å². The summed E-state index contributed by atoms with van der Waals surface area (Å²) in [6.07, 6.45) is 2.90. The SMILES string of the molecule is C[C@@H]1c2cccn2CCN1CC(=O)N1N=C(c2cccs2)C[C@H]1c1cccs1. The first-order chi connectivity index (χ1) is 13.7. The molecule has 3 aromatic rings. The number of amides is 1. The largest absolute Gasteiger partial charge is 0.349 e. The zero-order valence-electron chi connectivity index (χ0n) is 15.7. The molecule has 0 bridgehead atoms. The molecule has 5 heterocycles. The summed E-state index contributed by atoms with van der Waals surface area (Å²) in [6.45, 7) is 4.39. The lowest BCUT2D eigenvalue weighted by molar-refractivity contribution is -0.135. The summed E-state index contributed by atoms with van der Waals surface area (Å²) in [5, 5.41) is 10.6. The lowest BCUT2D eigenvalue weighted by Gasteiger charge is -2.35. The second-order valence-electron chi connectivity index (χ2n) is 7.27. The average molecular weight is 411 g/mol. The Morgan fingerprint density at radius 1 is 1.14 bits per heavy atom. The molecule has 0 spiro atoms. The molecule has 5 rings (SSSR count). The van der Waals surface area contributed by atoms with Gasteiger partial charge in [0.05, 0.1) is 23.2 Å². The van der Waals surface area contributed by atoms with Crippen molar-refractivity contribution in [3.8, 4) is 0 Å². The fraction of sp³-hybridized carbons (Fsp3) is 0.333. The van der Waals surface area contributed by atoms with Gasteiger partial charge in [0, 0.05) is 42.3 Å². The van der Waals surface area contributed by atoms with E-state index in [-0.39, 0.29) is 18.0 Å². The van der Waals surface area contributed by atoms with Gasteiger partial charge in [-0.15, -0.1) is 22.7 Å². The van der Waals surface area contributed by atoms with Crippen LogP contribution < -0.4 is 0 Å². The second kappa shape index (κ2) is 7.31. The second-order valence-corrected chi connectivity index (χ2v) is 9.20. The van der Waals surface area contributed by atoms with Crippen molar-refractivity contribution in [2.24, 2.45) is 5.10 Å². The van der Waals surface area contributed by atoms with E-state index in [2.05, 4.69) is 57.6 Å². The molecule has 2 atom stereocenters. The van der Waals surface area contributed by atoms with Crippen molar-refractivity contribution in [1.82, 2.24) is 14.5 Å². The predicted molar refractivity (Wildman–Crippen MR) is 114 cm³/mol. The molecule has 1 amide bonds. The minimum atomic E-state index is 0.00792. The maximum atomic E-state index is 13.3. The van der Waals surface area contributed by atoms with Crippen LogP contribution in [0.15, 0.2) is 58.5 Å². The molecule has 0 unspecified atom stereocenters. The Morgan fingerprint density at radius 3 is 2.79 bits per heavy atom. The van der Waals surface area contributed by atoms with Gasteiger partial charge in [-0.3, -0.25) is 9.69 Å². The molecule has 0 N–H and O–H groups in total. The van der Waals surface area contributed by atoms with Gasteiger partial charge in [0.25, 0.3) is 5.91 Å². The molecule has 28 heavy (non-hydrogen) atoms. The highest BCUT2D eigenvalue weighted by Crippen LogP contribution is 2.36. The van der Waals surface area contributed by atoms with Gasteiger partial charge in [0.2, 0.25) is 0 Å². The van der Waals surface area contributed by atoms with E-state index >= 15 is 0 Å². The minimum Gasteiger partial charge on any atom is -0.349 e. The highest BCUT2D eigenvalue weighted by molar-refractivity contribution is 7.12. The van der Waals surface area contributed by atoms with Crippen molar-refractivity contribution in [1.29, 1.82) is 0 Å². The Hall–Kier alpha value is -2.22. The lowest BCUT2D eigenvalue weighted by Crippen LogP contribution is -2.43. The first kappa shape index (κ1) is 17.8. The van der Waals surface area contributed by atoms with Crippen molar-refractivity contribution < 1.29 is 4.79 Å². The summed E-state index contributed by atoms with van der Waals surface area (Å²) in [5.74, 6) is 0.0804. The summed E-state index contributed by atoms with van der Waals surface area (Å²) in [5.41, 5.74) is 2.29. The highest BCUT2D eigenvalue weighted by atomic mass is 32.1. The van der Waals surface area contributed by atoms with Crippen molar-refractivity contribution in [2.45, 2.75) is 32.0 Å². The molecule has 0 radical (unpaired) electrons. The number of carbonyl (C=O) groups excluding carboxylic acids is 1. The van der Waals surface area contributed by atoms with E-state index in [1.54, 1.807) is 27.7 Å². The van der Waals surface area contributed by atoms with E-state index in [0.717, 1.165) is 30.1 Å². The summed E-state index contributed by atoms with van der Waals surface area (Å²) in [4.78, 5) is 17.9. The van der Waals surface area contributed by atoms with Crippen LogP contribution in [-0.2, 0) is 11.3 Å². The van der Waals surface area contributed by atoms with E-state index in [1.807, 2.05) is 12.1 Å². The van der Waals surface area contributed by atoms with Gasteiger partial charge in [-0.1, -0.05) is 12.1 Å². The molecule has 3 aromatic heterocycles. The van der Waals surface area contributed by atoms with Crippen LogP contribution >= 0.6 is 22.7 Å². The number of rotatable bonds is 4. The van der Waals surface area contributed by atoms with Crippen LogP contribution in [0.2, 0.25) is 0 Å². The molecule has 144 valence electrons. The van der Waals surface area contributed by atoms with Gasteiger partial charge >= 0.3 is 0 Å². The van der Waals surface area contributed by atoms with Gasteiger partial charge < -0.3 is 4.57 Å². The standard InChI is InChI=1S/C21H22N4OS2/c1-15-17-5-2-8-23(17)9-10-24(15)14-21(26)25-18(20-7-4-12-28-20)13-16(22-25)19-6-3-11-27-19/h2-8,11-12,15,18H,9-10,13-14H2,1H3/t15-,18+/m1/s1. The zero-order chi connectivity index (χ0) is 19.1. The molecule has 5 nitrogen and oxygen atoms in total. The Kier molecular flexibility index (Phi) is 4.66. The van der Waals surface area contributed by atoms with Crippen molar-refractivity contribution in [2.75, 3.05) is 13.1 Å². The number of hydrogen-bond acceptors (Lipinski definition) is 5. The molecule has 0 aromatic carbocycles. The molecule has 0 saturated carbocycles. The molecule has 0 aliphatic carbocycles. The fourth-order valence-corrected chi connectivity index (χ4v) is 5.66. The van der Waals surface area contributed by atoms with Crippen LogP contribution in [-0.4, -0.2) is 39.2 Å². The van der Waals surface area contributed by atoms with E-state index in [0.29, 0.717) is 6.54 Å². The Bertz CT molecular complexity index is 990. The third-order valence-corrected chi connectivity index (χ3v) is 7.54.